The van der Waals surface area contributed by atoms with Gasteiger partial charge in [0.15, 0.2) is 0 Å². The second-order valence-corrected chi connectivity index (χ2v) is 3.62. The standard InChI is InChI=1S/C10H11Cl.CH3F/c11-10-6-4-9(5-7-10)8-2-1-3-8;1-2/h4-8H,1-3H2;1H3. The van der Waals surface area contributed by atoms with Gasteiger partial charge in [0.1, 0.15) is 0 Å². The lowest BCUT2D eigenvalue weighted by atomic mass is 9.80. The molecule has 0 saturated heterocycles. The monoisotopic (exact) mass is 200 g/mol. The van der Waals surface area contributed by atoms with Crippen LogP contribution in [0.2, 0.25) is 5.02 Å². The largest absolute Gasteiger partial charge is 0.255 e. The number of rotatable bonds is 1. The fourth-order valence-electron chi connectivity index (χ4n) is 1.48. The average Bonchev–Trinajstić information content (AvgIpc) is 2.09. The predicted octanol–water partition coefficient (Wildman–Crippen LogP) is 4.19. The molecule has 1 fully saturated rings. The Morgan fingerprint density at radius 2 is 1.69 bits per heavy atom. The van der Waals surface area contributed by atoms with Crippen LogP contribution >= 0.6 is 11.6 Å². The Bertz CT molecular complexity index is 239. The summed E-state index contributed by atoms with van der Waals surface area (Å²) in [6.07, 6.45) is 4.12. The van der Waals surface area contributed by atoms with Crippen LogP contribution in [0.1, 0.15) is 30.7 Å². The van der Waals surface area contributed by atoms with Crippen LogP contribution in [0.3, 0.4) is 0 Å². The third-order valence-electron chi connectivity index (χ3n) is 2.45. The van der Waals surface area contributed by atoms with Crippen molar-refractivity contribution in [1.82, 2.24) is 0 Å². The molecule has 0 aromatic heterocycles. The number of hydrogen-bond donors (Lipinski definition) is 0. The molecular weight excluding hydrogens is 187 g/mol. The van der Waals surface area contributed by atoms with E-state index in [1.54, 1.807) is 0 Å². The van der Waals surface area contributed by atoms with Gasteiger partial charge in [0.05, 0.1) is 7.18 Å². The van der Waals surface area contributed by atoms with Crippen LogP contribution in [0.15, 0.2) is 24.3 Å². The van der Waals surface area contributed by atoms with Crippen molar-refractivity contribution in [2.24, 2.45) is 0 Å². The Hall–Kier alpha value is -0.560. The van der Waals surface area contributed by atoms with Crippen LogP contribution in [0, 0.1) is 0 Å². The first-order valence-corrected chi connectivity index (χ1v) is 4.87. The molecule has 0 spiro atoms. The minimum absolute atomic E-state index is 0.500. The van der Waals surface area contributed by atoms with Gasteiger partial charge in [-0.2, -0.15) is 0 Å². The van der Waals surface area contributed by atoms with Crippen molar-refractivity contribution in [3.05, 3.63) is 34.9 Å². The van der Waals surface area contributed by atoms with Gasteiger partial charge in [0.25, 0.3) is 0 Å². The Morgan fingerprint density at radius 1 is 1.15 bits per heavy atom. The van der Waals surface area contributed by atoms with Crippen molar-refractivity contribution in [3.63, 3.8) is 0 Å². The molecule has 0 atom stereocenters. The predicted molar refractivity (Wildman–Crippen MR) is 55.1 cm³/mol. The van der Waals surface area contributed by atoms with Crippen molar-refractivity contribution in [2.45, 2.75) is 25.2 Å². The summed E-state index contributed by atoms with van der Waals surface area (Å²) in [7, 11) is 0.500. The van der Waals surface area contributed by atoms with Crippen LogP contribution in [0.5, 0.6) is 0 Å². The fraction of sp³-hybridized carbons (Fsp3) is 0.455. The third-order valence-corrected chi connectivity index (χ3v) is 2.70. The van der Waals surface area contributed by atoms with Gasteiger partial charge in [0, 0.05) is 5.02 Å². The highest BCUT2D eigenvalue weighted by Gasteiger charge is 2.18. The molecule has 1 aliphatic carbocycles. The topological polar surface area (TPSA) is 0 Å². The first-order chi connectivity index (χ1) is 6.36. The molecule has 1 aromatic carbocycles. The van der Waals surface area contributed by atoms with Crippen molar-refractivity contribution in [3.8, 4) is 0 Å². The maximum absolute atomic E-state index is 9.50. The number of benzene rings is 1. The summed E-state index contributed by atoms with van der Waals surface area (Å²) >= 11 is 5.78. The maximum Gasteiger partial charge on any atom is 0.0785 e. The Morgan fingerprint density at radius 3 is 2.08 bits per heavy atom. The first kappa shape index (κ1) is 10.5. The second kappa shape index (κ2) is 5.23. The van der Waals surface area contributed by atoms with E-state index in [1.807, 2.05) is 12.1 Å². The summed E-state index contributed by atoms with van der Waals surface area (Å²) in [5, 5.41) is 0.841. The molecule has 0 unspecified atom stereocenters. The molecule has 0 bridgehead atoms. The molecule has 13 heavy (non-hydrogen) atoms. The van der Waals surface area contributed by atoms with E-state index in [1.165, 1.54) is 24.8 Å². The molecule has 2 heteroatoms. The van der Waals surface area contributed by atoms with E-state index < -0.39 is 0 Å². The SMILES string of the molecule is CF.Clc1ccc(C2CCC2)cc1. The minimum Gasteiger partial charge on any atom is -0.255 e. The molecule has 72 valence electrons. The highest BCUT2D eigenvalue weighted by Crippen LogP contribution is 2.36. The maximum atomic E-state index is 9.50. The normalized spacial score (nSPS) is 15.6. The molecule has 1 saturated carbocycles. The van der Waals surface area contributed by atoms with Crippen molar-refractivity contribution >= 4 is 11.6 Å². The van der Waals surface area contributed by atoms with E-state index in [0.717, 1.165) is 10.9 Å². The molecule has 2 rings (SSSR count). The lowest BCUT2D eigenvalue weighted by molar-refractivity contribution is 0.420. The lowest BCUT2D eigenvalue weighted by Gasteiger charge is -2.25. The van der Waals surface area contributed by atoms with Crippen LogP contribution in [0.25, 0.3) is 0 Å². The van der Waals surface area contributed by atoms with Gasteiger partial charge in [-0.05, 0) is 36.5 Å². The van der Waals surface area contributed by atoms with Gasteiger partial charge in [-0.3, -0.25) is 4.39 Å². The van der Waals surface area contributed by atoms with E-state index in [9.17, 15) is 4.39 Å². The molecular formula is C11H14ClF. The Kier molecular flexibility index (Phi) is 4.23. The van der Waals surface area contributed by atoms with Crippen molar-refractivity contribution < 1.29 is 4.39 Å². The molecule has 1 aromatic rings. The molecule has 0 heterocycles. The van der Waals surface area contributed by atoms with E-state index in [-0.39, 0.29) is 0 Å². The Labute approximate surface area is 83.7 Å². The Balaban J connectivity index is 0.000000396. The number of halogens is 2. The molecule has 0 aliphatic heterocycles. The van der Waals surface area contributed by atoms with Gasteiger partial charge in [-0.15, -0.1) is 0 Å². The number of hydrogen-bond acceptors (Lipinski definition) is 0. The molecule has 0 N–H and O–H groups in total. The van der Waals surface area contributed by atoms with Crippen LogP contribution < -0.4 is 0 Å². The van der Waals surface area contributed by atoms with Crippen molar-refractivity contribution in [1.29, 1.82) is 0 Å². The highest BCUT2D eigenvalue weighted by molar-refractivity contribution is 6.30. The zero-order valence-corrected chi connectivity index (χ0v) is 8.52. The lowest BCUT2D eigenvalue weighted by Crippen LogP contribution is -2.07. The zero-order chi connectivity index (χ0) is 9.68. The second-order valence-electron chi connectivity index (χ2n) is 3.18. The quantitative estimate of drug-likeness (QED) is 0.638. The van der Waals surface area contributed by atoms with Crippen LogP contribution in [-0.2, 0) is 0 Å². The van der Waals surface area contributed by atoms with Gasteiger partial charge >= 0.3 is 0 Å². The summed E-state index contributed by atoms with van der Waals surface area (Å²) < 4.78 is 9.50. The summed E-state index contributed by atoms with van der Waals surface area (Å²) in [6, 6.07) is 8.25. The van der Waals surface area contributed by atoms with E-state index >= 15 is 0 Å². The van der Waals surface area contributed by atoms with E-state index in [0.29, 0.717) is 7.18 Å². The molecule has 0 nitrogen and oxygen atoms in total. The van der Waals surface area contributed by atoms with Gasteiger partial charge < -0.3 is 0 Å². The van der Waals surface area contributed by atoms with Crippen molar-refractivity contribution in [2.75, 3.05) is 7.18 Å². The fourth-order valence-corrected chi connectivity index (χ4v) is 1.60. The summed E-state index contributed by atoms with van der Waals surface area (Å²) in [6.45, 7) is 0. The minimum atomic E-state index is 0.500. The summed E-state index contributed by atoms with van der Waals surface area (Å²) in [5.74, 6) is 0.826. The smallest absolute Gasteiger partial charge is 0.0785 e. The van der Waals surface area contributed by atoms with Gasteiger partial charge in [-0.25, -0.2) is 0 Å². The van der Waals surface area contributed by atoms with E-state index in [4.69, 9.17) is 11.6 Å². The summed E-state index contributed by atoms with van der Waals surface area (Å²) in [4.78, 5) is 0. The zero-order valence-electron chi connectivity index (χ0n) is 7.76. The third kappa shape index (κ3) is 2.70. The molecule has 1 aliphatic rings. The van der Waals surface area contributed by atoms with Crippen LogP contribution in [-0.4, -0.2) is 7.18 Å². The molecule has 0 radical (unpaired) electrons. The van der Waals surface area contributed by atoms with E-state index in [2.05, 4.69) is 12.1 Å². The number of alkyl halides is 1. The summed E-state index contributed by atoms with van der Waals surface area (Å²) in [5.41, 5.74) is 1.46. The first-order valence-electron chi connectivity index (χ1n) is 4.49. The van der Waals surface area contributed by atoms with Gasteiger partial charge in [0.2, 0.25) is 0 Å². The van der Waals surface area contributed by atoms with Crippen LogP contribution in [0.4, 0.5) is 4.39 Å². The highest BCUT2D eigenvalue weighted by atomic mass is 35.5. The van der Waals surface area contributed by atoms with Gasteiger partial charge in [-0.1, -0.05) is 30.2 Å². The average molecular weight is 201 g/mol. The molecule has 0 amide bonds.